The molecular formula is C33H38ClF2N7O3. The highest BCUT2D eigenvalue weighted by Gasteiger charge is 2.49. The Morgan fingerprint density at radius 1 is 1.15 bits per heavy atom. The van der Waals surface area contributed by atoms with Crippen molar-refractivity contribution in [3.63, 3.8) is 0 Å². The van der Waals surface area contributed by atoms with Crippen molar-refractivity contribution in [1.29, 1.82) is 0 Å². The van der Waals surface area contributed by atoms with Crippen molar-refractivity contribution in [2.75, 3.05) is 50.9 Å². The van der Waals surface area contributed by atoms with E-state index in [4.69, 9.17) is 31.0 Å². The number of halogens is 3. The molecule has 0 spiro atoms. The lowest BCUT2D eigenvalue weighted by atomic mass is 9.93. The van der Waals surface area contributed by atoms with Gasteiger partial charge in [0.1, 0.15) is 29.8 Å². The maximum absolute atomic E-state index is 17.0. The molecule has 3 fully saturated rings. The predicted molar refractivity (Wildman–Crippen MR) is 171 cm³/mol. The number of aliphatic hydroxyl groups excluding tert-OH is 1. The molecule has 5 aliphatic heterocycles. The van der Waals surface area contributed by atoms with Gasteiger partial charge in [0, 0.05) is 54.1 Å². The molecule has 0 amide bonds. The van der Waals surface area contributed by atoms with Crippen molar-refractivity contribution >= 4 is 39.2 Å². The van der Waals surface area contributed by atoms with Crippen molar-refractivity contribution in [2.45, 2.75) is 69.2 Å². The molecule has 9 rings (SSSR count). The van der Waals surface area contributed by atoms with Crippen LogP contribution in [0.2, 0.25) is 5.02 Å². The first-order valence-corrected chi connectivity index (χ1v) is 16.8. The highest BCUT2D eigenvalue weighted by Crippen LogP contribution is 2.42. The summed E-state index contributed by atoms with van der Waals surface area (Å²) in [6, 6.07) is 1.86. The summed E-state index contributed by atoms with van der Waals surface area (Å²) in [5, 5.41) is 19.9. The first kappa shape index (κ1) is 30.2. The number of benzene rings is 1. The van der Waals surface area contributed by atoms with Gasteiger partial charge in [-0.1, -0.05) is 18.0 Å². The zero-order valence-corrected chi connectivity index (χ0v) is 26.4. The number of pyridine rings is 1. The minimum absolute atomic E-state index is 0.0460. The number of hydrogen-bond acceptors (Lipinski definition) is 9. The molecule has 0 radical (unpaired) electrons. The van der Waals surface area contributed by atoms with Crippen molar-refractivity contribution in [1.82, 2.24) is 30.0 Å². The summed E-state index contributed by atoms with van der Waals surface area (Å²) in [5.41, 5.74) is 1.86. The van der Waals surface area contributed by atoms with E-state index >= 15 is 4.39 Å². The van der Waals surface area contributed by atoms with E-state index in [2.05, 4.69) is 25.0 Å². The standard InChI is InChI=1S/C33H38ClF2N7O3/c34-25-11-26-23(14-38-41-26)27-22(25)5-2-1-4-21(44)10-19-15-42(8-9-45-17-19)31-24-13-37-30(27)28(36)29(24)39-32(40-31)46-18-33-6-3-7-43(33)16-20(35)12-33/h11,13-14,19-21,44H,1-10,12,15-18H2,(H,38,41)/t19?,20-,21?,33+/m1/s1. The number of rotatable bonds is 3. The van der Waals surface area contributed by atoms with Gasteiger partial charge in [0.25, 0.3) is 0 Å². The molecule has 0 aliphatic carbocycles. The summed E-state index contributed by atoms with van der Waals surface area (Å²) in [6.07, 6.45) is 7.50. The molecular weight excluding hydrogens is 616 g/mol. The number of H-pyrrole nitrogens is 1. The molecule has 2 unspecified atom stereocenters. The first-order chi connectivity index (χ1) is 22.4. The van der Waals surface area contributed by atoms with E-state index in [-0.39, 0.29) is 29.7 Å². The summed E-state index contributed by atoms with van der Waals surface area (Å²) in [6.45, 7) is 3.54. The fourth-order valence-corrected chi connectivity index (χ4v) is 8.46. The Morgan fingerprint density at radius 2 is 2.07 bits per heavy atom. The molecule has 4 atom stereocenters. The van der Waals surface area contributed by atoms with Gasteiger partial charge in [0.05, 0.1) is 42.0 Å². The van der Waals surface area contributed by atoms with E-state index in [1.807, 2.05) is 6.07 Å². The van der Waals surface area contributed by atoms with E-state index in [9.17, 15) is 9.50 Å². The van der Waals surface area contributed by atoms with Gasteiger partial charge in [-0.15, -0.1) is 0 Å². The normalized spacial score (nSPS) is 27.4. The lowest BCUT2D eigenvalue weighted by Crippen LogP contribution is -2.43. The molecule has 13 heteroatoms. The molecule has 10 nitrogen and oxygen atoms in total. The number of aromatic amines is 1. The zero-order chi connectivity index (χ0) is 31.4. The fourth-order valence-electron chi connectivity index (χ4n) is 8.17. The minimum atomic E-state index is -0.897. The molecule has 46 heavy (non-hydrogen) atoms. The second-order valence-electron chi connectivity index (χ2n) is 13.4. The Kier molecular flexibility index (Phi) is 7.94. The Balaban J connectivity index is 1.29. The lowest BCUT2D eigenvalue weighted by Gasteiger charge is -2.31. The number of aliphatic hydroxyl groups is 1. The Hall–Kier alpha value is -3.19. The van der Waals surface area contributed by atoms with Crippen LogP contribution in [0.1, 0.15) is 50.5 Å². The van der Waals surface area contributed by atoms with E-state index in [1.165, 1.54) is 0 Å². The molecule has 5 aliphatic rings. The van der Waals surface area contributed by atoms with Crippen LogP contribution in [0.5, 0.6) is 6.01 Å². The second kappa shape index (κ2) is 12.1. The van der Waals surface area contributed by atoms with Gasteiger partial charge in [-0.05, 0) is 56.7 Å². The average molecular weight is 654 g/mol. The quantitative estimate of drug-likeness (QED) is 0.306. The van der Waals surface area contributed by atoms with E-state index in [0.29, 0.717) is 91.2 Å². The first-order valence-electron chi connectivity index (χ1n) is 16.4. The van der Waals surface area contributed by atoms with E-state index < -0.39 is 23.6 Å². The zero-order valence-electron chi connectivity index (χ0n) is 25.7. The predicted octanol–water partition coefficient (Wildman–Crippen LogP) is 5.25. The molecule has 0 saturated carbocycles. The smallest absolute Gasteiger partial charge is 0.319 e. The van der Waals surface area contributed by atoms with Crippen LogP contribution < -0.4 is 9.64 Å². The molecule has 6 bridgehead atoms. The summed E-state index contributed by atoms with van der Waals surface area (Å²) in [7, 11) is 0. The Labute approximate surface area is 270 Å². The van der Waals surface area contributed by atoms with Gasteiger partial charge in [-0.3, -0.25) is 15.0 Å². The third-order valence-electron chi connectivity index (χ3n) is 10.4. The van der Waals surface area contributed by atoms with E-state index in [0.717, 1.165) is 37.8 Å². The topological polar surface area (TPSA) is 113 Å². The number of nitrogens with zero attached hydrogens (tertiary/aromatic N) is 6. The summed E-state index contributed by atoms with van der Waals surface area (Å²) >= 11 is 6.83. The second-order valence-corrected chi connectivity index (χ2v) is 13.8. The van der Waals surface area contributed by atoms with Crippen molar-refractivity contribution < 1.29 is 23.4 Å². The number of aromatic nitrogens is 5. The molecule has 3 aromatic heterocycles. The van der Waals surface area contributed by atoms with Gasteiger partial charge in [0.15, 0.2) is 5.82 Å². The van der Waals surface area contributed by atoms with Crippen molar-refractivity contribution in [3.8, 4) is 17.3 Å². The third-order valence-corrected chi connectivity index (χ3v) is 10.7. The van der Waals surface area contributed by atoms with Crippen LogP contribution in [-0.4, -0.2) is 99.0 Å². The number of anilines is 1. The highest BCUT2D eigenvalue weighted by molar-refractivity contribution is 6.33. The molecule has 244 valence electrons. The van der Waals surface area contributed by atoms with E-state index in [1.54, 1.807) is 12.4 Å². The fraction of sp³-hybridized carbons (Fsp3) is 0.576. The van der Waals surface area contributed by atoms with Gasteiger partial charge < -0.3 is 19.5 Å². The largest absolute Gasteiger partial charge is 0.461 e. The molecule has 2 N–H and O–H groups in total. The number of alkyl halides is 1. The lowest BCUT2D eigenvalue weighted by molar-refractivity contribution is 0.0817. The SMILES string of the molecule is OC1CCCCc2c(Cl)cc3[nH]ncc3c2-c2ncc3c(nc(OC[C@@]45CCCN4C[C@H](F)C5)nc3c2F)N2CCOCC(C1)C2. The third kappa shape index (κ3) is 5.36. The summed E-state index contributed by atoms with van der Waals surface area (Å²) in [5.74, 6) is -0.0368. The number of nitrogens with one attached hydrogen (secondary N) is 1. The van der Waals surface area contributed by atoms with Crippen LogP contribution in [0.3, 0.4) is 0 Å². The van der Waals surface area contributed by atoms with Gasteiger partial charge in [-0.25, -0.2) is 8.78 Å². The van der Waals surface area contributed by atoms with Crippen LogP contribution in [0.25, 0.3) is 33.1 Å². The highest BCUT2D eigenvalue weighted by atomic mass is 35.5. The maximum atomic E-state index is 17.0. The van der Waals surface area contributed by atoms with Gasteiger partial charge in [-0.2, -0.15) is 15.1 Å². The molecule has 4 aromatic rings. The number of hydrogen-bond donors (Lipinski definition) is 2. The Bertz CT molecular complexity index is 1770. The van der Waals surface area contributed by atoms with Gasteiger partial charge in [0.2, 0.25) is 0 Å². The number of ether oxygens (including phenoxy) is 2. The van der Waals surface area contributed by atoms with Crippen molar-refractivity contribution in [3.05, 3.63) is 34.9 Å². The maximum Gasteiger partial charge on any atom is 0.319 e. The number of fused-ring (bicyclic) bond motifs is 8. The molecule has 1 aromatic carbocycles. The molecule has 3 saturated heterocycles. The van der Waals surface area contributed by atoms with Crippen LogP contribution in [0.4, 0.5) is 14.6 Å². The van der Waals surface area contributed by atoms with Crippen LogP contribution >= 0.6 is 11.6 Å². The van der Waals surface area contributed by atoms with Crippen molar-refractivity contribution in [2.24, 2.45) is 5.92 Å². The van der Waals surface area contributed by atoms with Crippen LogP contribution in [0.15, 0.2) is 18.5 Å². The minimum Gasteiger partial charge on any atom is -0.461 e. The summed E-state index contributed by atoms with van der Waals surface area (Å²) < 4.78 is 43.8. The summed E-state index contributed by atoms with van der Waals surface area (Å²) in [4.78, 5) is 18.5. The average Bonchev–Trinajstić information content (AvgIpc) is 3.68. The van der Waals surface area contributed by atoms with Gasteiger partial charge >= 0.3 is 6.01 Å². The van der Waals surface area contributed by atoms with Crippen LogP contribution in [-0.2, 0) is 11.2 Å². The van der Waals surface area contributed by atoms with Crippen LogP contribution in [0, 0.1) is 11.7 Å². The molecule has 8 heterocycles. The Morgan fingerprint density at radius 3 is 2.98 bits per heavy atom. The monoisotopic (exact) mass is 653 g/mol.